The van der Waals surface area contributed by atoms with E-state index in [0.717, 1.165) is 18.5 Å². The topological polar surface area (TPSA) is 106 Å². The van der Waals surface area contributed by atoms with Crippen molar-refractivity contribution in [3.63, 3.8) is 0 Å². The zero-order chi connectivity index (χ0) is 19.2. The van der Waals surface area contributed by atoms with Gasteiger partial charge in [0, 0.05) is 37.1 Å². The molecule has 1 aliphatic rings. The van der Waals surface area contributed by atoms with E-state index in [9.17, 15) is 14.9 Å². The lowest BCUT2D eigenvalue weighted by atomic mass is 10.1. The van der Waals surface area contributed by atoms with Crippen LogP contribution >= 0.6 is 0 Å². The summed E-state index contributed by atoms with van der Waals surface area (Å²) in [5.74, 6) is -0.311. The van der Waals surface area contributed by atoms with Crippen LogP contribution in [0, 0.1) is 10.1 Å². The van der Waals surface area contributed by atoms with Crippen molar-refractivity contribution in [1.82, 2.24) is 10.3 Å². The molecule has 8 heteroatoms. The number of ether oxygens (including phenoxy) is 1. The molecule has 1 atom stereocenters. The molecule has 0 unspecified atom stereocenters. The van der Waals surface area contributed by atoms with Gasteiger partial charge in [0.25, 0.3) is 11.6 Å². The highest BCUT2D eigenvalue weighted by Gasteiger charge is 2.22. The van der Waals surface area contributed by atoms with Crippen LogP contribution in [0.5, 0.6) is 0 Å². The van der Waals surface area contributed by atoms with Gasteiger partial charge in [-0.3, -0.25) is 19.9 Å². The minimum atomic E-state index is -0.487. The molecule has 2 N–H and O–H groups in total. The molecule has 0 spiro atoms. The maximum atomic E-state index is 12.4. The summed E-state index contributed by atoms with van der Waals surface area (Å²) < 4.78 is 5.27. The Balaban J connectivity index is 1.76. The number of nitrogens with zero attached hydrogens (tertiary/aromatic N) is 2. The molecule has 2 aromatic rings. The molecule has 1 amide bonds. The van der Waals surface area contributed by atoms with Gasteiger partial charge in [0.15, 0.2) is 0 Å². The quantitative estimate of drug-likeness (QED) is 0.598. The van der Waals surface area contributed by atoms with Crippen LogP contribution in [0.2, 0.25) is 0 Å². The largest absolute Gasteiger partial charge is 0.381 e. The number of pyridine rings is 1. The van der Waals surface area contributed by atoms with Crippen LogP contribution in [0.25, 0.3) is 0 Å². The number of carbonyl (C=O) groups is 1. The van der Waals surface area contributed by atoms with E-state index >= 15 is 0 Å². The molecule has 1 aromatic carbocycles. The van der Waals surface area contributed by atoms with Gasteiger partial charge in [-0.1, -0.05) is 6.07 Å². The summed E-state index contributed by atoms with van der Waals surface area (Å²) in [5, 5.41) is 17.5. The van der Waals surface area contributed by atoms with E-state index in [4.69, 9.17) is 4.74 Å². The Hall–Kier alpha value is -3.00. The van der Waals surface area contributed by atoms with Crippen molar-refractivity contribution in [2.75, 3.05) is 18.5 Å². The predicted octanol–water partition coefficient (Wildman–Crippen LogP) is 3.07. The summed E-state index contributed by atoms with van der Waals surface area (Å²) in [4.78, 5) is 27.7. The third-order valence-electron chi connectivity index (χ3n) is 4.52. The molecular weight excluding hydrogens is 348 g/mol. The van der Waals surface area contributed by atoms with Gasteiger partial charge in [0.1, 0.15) is 5.69 Å². The Morgan fingerprint density at radius 3 is 2.74 bits per heavy atom. The molecule has 1 aromatic heterocycles. The number of nitro groups is 1. The summed E-state index contributed by atoms with van der Waals surface area (Å²) in [6.45, 7) is 3.09. The van der Waals surface area contributed by atoms with Crippen molar-refractivity contribution in [2.45, 2.75) is 31.8 Å². The number of rotatable bonds is 6. The third kappa shape index (κ3) is 4.79. The molecule has 142 valence electrons. The zero-order valence-corrected chi connectivity index (χ0v) is 15.1. The predicted molar refractivity (Wildman–Crippen MR) is 101 cm³/mol. The standard InChI is InChI=1S/C19H22N4O4/c1-13(16-4-2-3-9-20-16)21-17-6-5-14(12-18(17)23(25)26)19(24)22-15-7-10-27-11-8-15/h2-6,9,12-13,15,21H,7-8,10-11H2,1H3,(H,22,24)/t13-/m0/s1. The van der Waals surface area contributed by atoms with Gasteiger partial charge in [0.2, 0.25) is 0 Å². The Bertz CT molecular complexity index is 807. The van der Waals surface area contributed by atoms with Crippen LogP contribution in [-0.4, -0.2) is 35.1 Å². The maximum Gasteiger partial charge on any atom is 0.293 e. The number of benzene rings is 1. The number of hydrogen-bond donors (Lipinski definition) is 2. The number of aromatic nitrogens is 1. The first kappa shape index (κ1) is 18.8. The first-order chi connectivity index (χ1) is 13.0. The molecule has 2 heterocycles. The number of hydrogen-bond acceptors (Lipinski definition) is 6. The summed E-state index contributed by atoms with van der Waals surface area (Å²) in [5.41, 5.74) is 1.25. The van der Waals surface area contributed by atoms with Crippen molar-refractivity contribution in [2.24, 2.45) is 0 Å². The Morgan fingerprint density at radius 2 is 2.07 bits per heavy atom. The minimum absolute atomic E-state index is 0.0345. The summed E-state index contributed by atoms with van der Waals surface area (Å²) >= 11 is 0. The molecule has 3 rings (SSSR count). The first-order valence-corrected chi connectivity index (χ1v) is 8.89. The van der Waals surface area contributed by atoms with E-state index < -0.39 is 4.92 Å². The van der Waals surface area contributed by atoms with Crippen molar-refractivity contribution < 1.29 is 14.5 Å². The molecule has 8 nitrogen and oxygen atoms in total. The van der Waals surface area contributed by atoms with Gasteiger partial charge in [-0.05, 0) is 44.0 Å². The van der Waals surface area contributed by atoms with Crippen molar-refractivity contribution in [3.05, 3.63) is 64.0 Å². The molecule has 0 bridgehead atoms. The van der Waals surface area contributed by atoms with Gasteiger partial charge in [-0.2, -0.15) is 0 Å². The van der Waals surface area contributed by atoms with Crippen LogP contribution in [-0.2, 0) is 4.74 Å². The lowest BCUT2D eigenvalue weighted by Gasteiger charge is -2.23. The van der Waals surface area contributed by atoms with Crippen molar-refractivity contribution in [3.8, 4) is 0 Å². The van der Waals surface area contributed by atoms with Crippen molar-refractivity contribution in [1.29, 1.82) is 0 Å². The third-order valence-corrected chi connectivity index (χ3v) is 4.52. The van der Waals surface area contributed by atoms with Crippen LogP contribution < -0.4 is 10.6 Å². The second-order valence-corrected chi connectivity index (χ2v) is 6.47. The number of nitrogens with one attached hydrogen (secondary N) is 2. The number of carbonyl (C=O) groups excluding carboxylic acids is 1. The number of amides is 1. The highest BCUT2D eigenvalue weighted by molar-refractivity contribution is 5.96. The van der Waals surface area contributed by atoms with Crippen LogP contribution in [0.15, 0.2) is 42.6 Å². The van der Waals surface area contributed by atoms with Gasteiger partial charge < -0.3 is 15.4 Å². The smallest absolute Gasteiger partial charge is 0.293 e. The van der Waals surface area contributed by atoms with E-state index in [1.54, 1.807) is 18.3 Å². The van der Waals surface area contributed by atoms with Crippen LogP contribution in [0.4, 0.5) is 11.4 Å². The summed E-state index contributed by atoms with van der Waals surface area (Å²) in [6.07, 6.45) is 3.16. The molecule has 1 saturated heterocycles. The molecule has 0 radical (unpaired) electrons. The molecule has 0 saturated carbocycles. The highest BCUT2D eigenvalue weighted by atomic mass is 16.6. The van der Waals surface area contributed by atoms with Crippen LogP contribution in [0.1, 0.15) is 41.9 Å². The number of nitro benzene ring substituents is 1. The average Bonchev–Trinajstić information content (AvgIpc) is 2.69. The lowest BCUT2D eigenvalue weighted by Crippen LogP contribution is -2.38. The molecule has 1 fully saturated rings. The Morgan fingerprint density at radius 1 is 1.30 bits per heavy atom. The summed E-state index contributed by atoms with van der Waals surface area (Å²) in [6, 6.07) is 9.80. The number of anilines is 1. The van der Waals surface area contributed by atoms with E-state index in [0.29, 0.717) is 18.9 Å². The molecule has 1 aliphatic heterocycles. The highest BCUT2D eigenvalue weighted by Crippen LogP contribution is 2.29. The van der Waals surface area contributed by atoms with Gasteiger partial charge in [-0.15, -0.1) is 0 Å². The zero-order valence-electron chi connectivity index (χ0n) is 15.1. The summed E-state index contributed by atoms with van der Waals surface area (Å²) in [7, 11) is 0. The average molecular weight is 370 g/mol. The lowest BCUT2D eigenvalue weighted by molar-refractivity contribution is -0.384. The van der Waals surface area contributed by atoms with Crippen molar-refractivity contribution >= 4 is 17.3 Å². The monoisotopic (exact) mass is 370 g/mol. The SMILES string of the molecule is C[C@H](Nc1ccc(C(=O)NC2CCOCC2)cc1[N+](=O)[O-])c1ccccn1. The van der Waals surface area contributed by atoms with Gasteiger partial charge >= 0.3 is 0 Å². The molecular formula is C19H22N4O4. The van der Waals surface area contributed by atoms with E-state index in [2.05, 4.69) is 15.6 Å². The van der Waals surface area contributed by atoms with Gasteiger partial charge in [0.05, 0.1) is 16.7 Å². The fourth-order valence-corrected chi connectivity index (χ4v) is 3.00. The van der Waals surface area contributed by atoms with Crippen LogP contribution in [0.3, 0.4) is 0 Å². The Kier molecular flexibility index (Phi) is 5.97. The normalized spacial score (nSPS) is 15.7. The maximum absolute atomic E-state index is 12.4. The van der Waals surface area contributed by atoms with Gasteiger partial charge in [-0.25, -0.2) is 0 Å². The fraction of sp³-hybridized carbons (Fsp3) is 0.368. The fourth-order valence-electron chi connectivity index (χ4n) is 3.00. The second kappa shape index (κ2) is 8.59. The Labute approximate surface area is 157 Å². The minimum Gasteiger partial charge on any atom is -0.381 e. The van der Waals surface area contributed by atoms with E-state index in [1.807, 2.05) is 25.1 Å². The molecule has 0 aliphatic carbocycles. The molecule has 27 heavy (non-hydrogen) atoms. The van der Waals surface area contributed by atoms with E-state index in [-0.39, 0.29) is 29.2 Å². The van der Waals surface area contributed by atoms with E-state index in [1.165, 1.54) is 6.07 Å². The second-order valence-electron chi connectivity index (χ2n) is 6.47. The first-order valence-electron chi connectivity index (χ1n) is 8.89.